The van der Waals surface area contributed by atoms with Crippen molar-refractivity contribution in [3.05, 3.63) is 76.5 Å². The monoisotopic (exact) mass is 562 g/mol. The molecule has 6 nitrogen and oxygen atoms in total. The number of halogens is 1. The van der Waals surface area contributed by atoms with E-state index in [-0.39, 0.29) is 5.91 Å². The molecule has 3 aliphatic rings. The molecule has 2 atom stereocenters. The molecule has 194 valence electrons. The second kappa shape index (κ2) is 10.4. The van der Waals surface area contributed by atoms with Crippen LogP contribution in [0, 0.1) is 5.92 Å². The predicted molar refractivity (Wildman–Crippen MR) is 148 cm³/mol. The summed E-state index contributed by atoms with van der Waals surface area (Å²) >= 11 is 3.59. The fourth-order valence-corrected chi connectivity index (χ4v) is 7.02. The maximum atomic E-state index is 13.6. The van der Waals surface area contributed by atoms with Crippen LogP contribution >= 0.6 is 15.9 Å². The van der Waals surface area contributed by atoms with Crippen molar-refractivity contribution in [1.29, 1.82) is 0 Å². The van der Waals surface area contributed by atoms with Crippen LogP contribution in [0.4, 0.5) is 0 Å². The minimum Gasteiger partial charge on any atom is -0.379 e. The van der Waals surface area contributed by atoms with Gasteiger partial charge in [-0.05, 0) is 55.4 Å². The summed E-state index contributed by atoms with van der Waals surface area (Å²) in [7, 11) is 0. The second-order valence-electron chi connectivity index (χ2n) is 10.6. The molecule has 3 aliphatic heterocycles. The summed E-state index contributed by atoms with van der Waals surface area (Å²) in [5.41, 5.74) is 3.12. The Labute approximate surface area is 227 Å². The van der Waals surface area contributed by atoms with Gasteiger partial charge in [0, 0.05) is 61.1 Å². The molecule has 0 radical (unpaired) electrons. The van der Waals surface area contributed by atoms with Crippen LogP contribution in [0.2, 0.25) is 0 Å². The predicted octanol–water partition coefficient (Wildman–Crippen LogP) is 5.16. The van der Waals surface area contributed by atoms with Crippen molar-refractivity contribution in [3.8, 4) is 11.4 Å². The Kier molecular flexibility index (Phi) is 6.95. The van der Waals surface area contributed by atoms with Crippen LogP contribution in [0.3, 0.4) is 0 Å². The van der Waals surface area contributed by atoms with Crippen LogP contribution < -0.4 is 0 Å². The average molecular weight is 564 g/mol. The third kappa shape index (κ3) is 4.45. The highest BCUT2D eigenvalue weighted by Crippen LogP contribution is 2.49. The zero-order valence-electron chi connectivity index (χ0n) is 21.5. The lowest BCUT2D eigenvalue weighted by Crippen LogP contribution is -2.49. The van der Waals surface area contributed by atoms with Crippen LogP contribution in [0.15, 0.2) is 65.4 Å². The average Bonchev–Trinajstić information content (AvgIpc) is 3.54. The molecule has 7 heteroatoms. The number of hydrogen-bond acceptors (Lipinski definition) is 4. The molecule has 2 fully saturated rings. The Morgan fingerprint density at radius 3 is 2.57 bits per heavy atom. The molecule has 2 unspecified atom stereocenters. The normalized spacial score (nSPS) is 23.0. The van der Waals surface area contributed by atoms with Gasteiger partial charge >= 0.3 is 0 Å². The first-order valence-electron chi connectivity index (χ1n) is 13.6. The molecule has 0 saturated carbocycles. The molecule has 4 heterocycles. The van der Waals surface area contributed by atoms with E-state index in [0.29, 0.717) is 24.8 Å². The highest BCUT2D eigenvalue weighted by molar-refractivity contribution is 9.10. The number of hydrogen-bond donors (Lipinski definition) is 0. The molecule has 37 heavy (non-hydrogen) atoms. The first-order valence-corrected chi connectivity index (χ1v) is 14.4. The molecule has 2 aromatic carbocycles. The van der Waals surface area contributed by atoms with Gasteiger partial charge in [0.2, 0.25) is 5.91 Å². The van der Waals surface area contributed by atoms with E-state index in [4.69, 9.17) is 9.72 Å². The molecule has 0 spiro atoms. The zero-order valence-corrected chi connectivity index (χ0v) is 23.1. The number of amides is 1. The van der Waals surface area contributed by atoms with Gasteiger partial charge in [-0.25, -0.2) is 4.98 Å². The van der Waals surface area contributed by atoms with E-state index in [1.165, 1.54) is 11.1 Å². The maximum absolute atomic E-state index is 13.6. The van der Waals surface area contributed by atoms with Crippen LogP contribution in [0.25, 0.3) is 11.4 Å². The van der Waals surface area contributed by atoms with Gasteiger partial charge in [-0.15, -0.1) is 0 Å². The number of imidazole rings is 1. The number of morpholine rings is 1. The van der Waals surface area contributed by atoms with Crippen LogP contribution in [-0.4, -0.2) is 70.7 Å². The number of piperidine rings is 1. The van der Waals surface area contributed by atoms with E-state index in [9.17, 15) is 4.79 Å². The lowest BCUT2D eigenvalue weighted by Gasteiger charge is -2.41. The molecular formula is C30H35BrN4O2. The number of rotatable bonds is 6. The number of likely N-dealkylation sites (tertiary alicyclic amines) is 1. The fourth-order valence-electron chi connectivity index (χ4n) is 6.76. The smallest absolute Gasteiger partial charge is 0.222 e. The number of fused-ring (bicyclic) bond motifs is 3. The topological polar surface area (TPSA) is 50.6 Å². The molecule has 0 N–H and O–H groups in total. The summed E-state index contributed by atoms with van der Waals surface area (Å²) < 4.78 is 8.87. The fraction of sp³-hybridized carbons (Fsp3) is 0.467. The van der Waals surface area contributed by atoms with Gasteiger partial charge in [0.05, 0.1) is 18.8 Å². The lowest BCUT2D eigenvalue weighted by molar-refractivity contribution is -0.133. The summed E-state index contributed by atoms with van der Waals surface area (Å²) in [6.45, 7) is 7.79. The van der Waals surface area contributed by atoms with E-state index in [0.717, 1.165) is 68.1 Å². The largest absolute Gasteiger partial charge is 0.379 e. The Bertz CT molecular complexity index is 1240. The summed E-state index contributed by atoms with van der Waals surface area (Å²) in [4.78, 5) is 23.0. The van der Waals surface area contributed by atoms with Gasteiger partial charge in [0.1, 0.15) is 5.82 Å². The van der Waals surface area contributed by atoms with Gasteiger partial charge in [0.25, 0.3) is 0 Å². The SMILES string of the molecule is CC(C1CCN(C(=O)CCC2(c3ccc(Br)cc3)c3ccccc3-c3nccn32)CC1)N1CCOCC1. The molecule has 3 aromatic rings. The van der Waals surface area contributed by atoms with E-state index >= 15 is 0 Å². The Balaban J connectivity index is 1.20. The van der Waals surface area contributed by atoms with Crippen molar-refractivity contribution in [2.45, 2.75) is 44.2 Å². The Morgan fingerprint density at radius 1 is 1.08 bits per heavy atom. The lowest BCUT2D eigenvalue weighted by atomic mass is 9.79. The number of carbonyl (C=O) groups excluding carboxylic acids is 1. The molecule has 2 saturated heterocycles. The van der Waals surface area contributed by atoms with Crippen LogP contribution in [0.1, 0.15) is 43.7 Å². The van der Waals surface area contributed by atoms with Gasteiger partial charge in [-0.1, -0.05) is 52.3 Å². The maximum Gasteiger partial charge on any atom is 0.222 e. The highest BCUT2D eigenvalue weighted by atomic mass is 79.9. The third-order valence-electron chi connectivity index (χ3n) is 8.88. The molecule has 1 amide bonds. The minimum atomic E-state index is -0.443. The van der Waals surface area contributed by atoms with Crippen LogP contribution in [0.5, 0.6) is 0 Å². The van der Waals surface area contributed by atoms with Gasteiger partial charge < -0.3 is 14.2 Å². The van der Waals surface area contributed by atoms with Crippen LogP contribution in [-0.2, 0) is 15.1 Å². The van der Waals surface area contributed by atoms with Crippen molar-refractivity contribution in [1.82, 2.24) is 19.4 Å². The first-order chi connectivity index (χ1) is 18.1. The van der Waals surface area contributed by atoms with Crippen molar-refractivity contribution in [2.24, 2.45) is 5.92 Å². The molecule has 0 bridgehead atoms. The van der Waals surface area contributed by atoms with E-state index in [2.05, 4.69) is 91.9 Å². The molecular weight excluding hydrogens is 528 g/mol. The Hall–Kier alpha value is -2.48. The van der Waals surface area contributed by atoms with Crippen molar-refractivity contribution >= 4 is 21.8 Å². The van der Waals surface area contributed by atoms with Gasteiger partial charge in [0.15, 0.2) is 0 Å². The number of benzene rings is 2. The minimum absolute atomic E-state index is 0.264. The van der Waals surface area contributed by atoms with Gasteiger partial charge in [-0.2, -0.15) is 0 Å². The van der Waals surface area contributed by atoms with E-state index in [1.54, 1.807) is 0 Å². The standard InChI is InChI=1S/C30H35BrN4O2/c1-22(33-18-20-37-21-19-33)23-11-15-34(16-12-23)28(36)10-13-30(24-6-8-25(31)9-7-24)27-5-3-2-4-26(27)29-32-14-17-35(29)30/h2-9,14,17,22-23H,10-13,15-16,18-21H2,1H3. The quantitative estimate of drug-likeness (QED) is 0.416. The number of ether oxygens (including phenoxy) is 1. The molecule has 0 aliphatic carbocycles. The summed E-state index contributed by atoms with van der Waals surface area (Å²) in [5, 5.41) is 0. The zero-order chi connectivity index (χ0) is 25.4. The van der Waals surface area contributed by atoms with Gasteiger partial charge in [-0.3, -0.25) is 9.69 Å². The summed E-state index contributed by atoms with van der Waals surface area (Å²) in [6.07, 6.45) is 7.32. The van der Waals surface area contributed by atoms with Crippen molar-refractivity contribution in [2.75, 3.05) is 39.4 Å². The van der Waals surface area contributed by atoms with E-state index < -0.39 is 5.54 Å². The van der Waals surface area contributed by atoms with Crippen molar-refractivity contribution < 1.29 is 9.53 Å². The summed E-state index contributed by atoms with van der Waals surface area (Å²) in [5.74, 6) is 1.88. The third-order valence-corrected chi connectivity index (χ3v) is 9.41. The first kappa shape index (κ1) is 24.8. The number of nitrogens with zero attached hydrogens (tertiary/aromatic N) is 4. The Morgan fingerprint density at radius 2 is 1.81 bits per heavy atom. The molecule has 6 rings (SSSR count). The molecule has 1 aromatic heterocycles. The van der Waals surface area contributed by atoms with Crippen molar-refractivity contribution in [3.63, 3.8) is 0 Å². The number of aromatic nitrogens is 2. The number of carbonyl (C=O) groups is 1. The summed E-state index contributed by atoms with van der Waals surface area (Å²) in [6, 6.07) is 17.6. The highest BCUT2D eigenvalue weighted by Gasteiger charge is 2.45. The van der Waals surface area contributed by atoms with E-state index in [1.807, 2.05) is 6.20 Å². The second-order valence-corrected chi connectivity index (χ2v) is 11.6.